The van der Waals surface area contributed by atoms with E-state index >= 15 is 0 Å². The van der Waals surface area contributed by atoms with Crippen molar-refractivity contribution in [3.05, 3.63) is 393 Å². The fourth-order valence-corrected chi connectivity index (χ4v) is 19.1. The van der Waals surface area contributed by atoms with Crippen LogP contribution in [-0.2, 0) is 10.8 Å². The highest BCUT2D eigenvalue weighted by atomic mass is 16.5. The van der Waals surface area contributed by atoms with E-state index in [9.17, 15) is 0 Å². The van der Waals surface area contributed by atoms with Gasteiger partial charge in [-0.1, -0.05) is 363 Å². The Bertz CT molecular complexity index is 6810. The van der Waals surface area contributed by atoms with Crippen molar-refractivity contribution in [1.29, 1.82) is 0 Å². The summed E-state index contributed by atoms with van der Waals surface area (Å²) in [7, 11) is 0. The molecule has 0 saturated heterocycles. The Hall–Kier alpha value is -14.1. The SMILES string of the molecule is CC(C)(C)c1ccc2c(c1)c1cc(C(C)(C)C)ccc1n2-c1cc(-c2ccccc2)cc2c1Oc1cc3c(c4c1B2c1cc(-c2ccccc2)ccc1O4)B1c2ccc(-c4ccccc4)cc2N(c2c(-c4ccccc4)cccc2-c2ccccc2)c2cc(-c4ccccc4)cc(c21)N3c1c(-c2ccccc2)cccc1-c1ccccc1. The summed E-state index contributed by atoms with van der Waals surface area (Å²) in [6, 6.07) is 142. The Labute approximate surface area is 684 Å². The number of ether oxygens (including phenoxy) is 2. The van der Waals surface area contributed by atoms with Gasteiger partial charge in [0.05, 0.1) is 28.1 Å². The zero-order valence-corrected chi connectivity index (χ0v) is 66.2. The first-order valence-corrected chi connectivity index (χ1v) is 40.9. The summed E-state index contributed by atoms with van der Waals surface area (Å²) in [5.41, 5.74) is 35.8. The van der Waals surface area contributed by atoms with Gasteiger partial charge < -0.3 is 23.8 Å². The van der Waals surface area contributed by atoms with Crippen LogP contribution in [0.4, 0.5) is 34.1 Å². The van der Waals surface area contributed by atoms with Crippen molar-refractivity contribution in [2.75, 3.05) is 9.80 Å². The summed E-state index contributed by atoms with van der Waals surface area (Å²) in [5, 5.41) is 2.41. The molecule has 554 valence electrons. The van der Waals surface area contributed by atoms with Crippen LogP contribution >= 0.6 is 0 Å². The zero-order chi connectivity index (χ0) is 78.4. The van der Waals surface area contributed by atoms with Crippen LogP contribution in [0.15, 0.2) is 382 Å². The number of anilines is 6. The minimum absolute atomic E-state index is 0.109. The molecular weight excluding hydrogens is 1420 g/mol. The molecule has 0 spiro atoms. The molecule has 7 heteroatoms. The van der Waals surface area contributed by atoms with Crippen molar-refractivity contribution in [2.45, 2.75) is 52.4 Å². The molecule has 5 nitrogen and oxygen atoms in total. The largest absolute Gasteiger partial charge is 0.459 e. The number of hydrogen-bond acceptors (Lipinski definition) is 4. The number of hydrogen-bond donors (Lipinski definition) is 0. The number of fused-ring (bicyclic) bond motifs is 12. The average molecular weight is 1500 g/mol. The molecule has 18 aromatic rings. The van der Waals surface area contributed by atoms with E-state index in [4.69, 9.17) is 9.47 Å². The number of aromatic nitrogens is 1. The lowest BCUT2D eigenvalue weighted by molar-refractivity contribution is 0.466. The van der Waals surface area contributed by atoms with Crippen molar-refractivity contribution in [3.8, 4) is 118 Å². The third-order valence-electron chi connectivity index (χ3n) is 24.8. The highest BCUT2D eigenvalue weighted by molar-refractivity contribution is 7.03. The maximum absolute atomic E-state index is 8.41. The predicted molar refractivity (Wildman–Crippen MR) is 493 cm³/mol. The van der Waals surface area contributed by atoms with Crippen LogP contribution in [0.2, 0.25) is 0 Å². The topological polar surface area (TPSA) is 29.9 Å². The third-order valence-corrected chi connectivity index (χ3v) is 24.8. The lowest BCUT2D eigenvalue weighted by Crippen LogP contribution is -2.65. The molecule has 0 atom stereocenters. The fraction of sp³-hybridized carbons (Fsp3) is 0.0727. The van der Waals surface area contributed by atoms with Crippen LogP contribution in [-0.4, -0.2) is 18.0 Å². The molecule has 0 N–H and O–H groups in total. The lowest BCUT2D eigenvalue weighted by Gasteiger charge is -2.47. The third kappa shape index (κ3) is 11.5. The van der Waals surface area contributed by atoms with Gasteiger partial charge in [0.2, 0.25) is 0 Å². The lowest BCUT2D eigenvalue weighted by atomic mass is 9.30. The van der Waals surface area contributed by atoms with Gasteiger partial charge in [-0.2, -0.15) is 0 Å². The Morgan fingerprint density at radius 3 is 1.03 bits per heavy atom. The Kier molecular flexibility index (Phi) is 16.2. The molecule has 0 radical (unpaired) electrons. The first-order valence-electron chi connectivity index (χ1n) is 40.9. The van der Waals surface area contributed by atoms with E-state index in [0.29, 0.717) is 0 Å². The molecule has 117 heavy (non-hydrogen) atoms. The Morgan fingerprint density at radius 2 is 0.590 bits per heavy atom. The summed E-state index contributed by atoms with van der Waals surface area (Å²) in [5.74, 6) is 3.09. The van der Waals surface area contributed by atoms with Crippen molar-refractivity contribution in [3.63, 3.8) is 0 Å². The molecule has 0 fully saturated rings. The predicted octanol–water partition coefficient (Wildman–Crippen LogP) is 25.5. The van der Waals surface area contributed by atoms with E-state index in [1.807, 2.05) is 0 Å². The van der Waals surface area contributed by atoms with Crippen LogP contribution in [0.3, 0.4) is 0 Å². The van der Waals surface area contributed by atoms with Crippen LogP contribution in [0.25, 0.3) is 117 Å². The highest BCUT2D eigenvalue weighted by Gasteiger charge is 2.52. The van der Waals surface area contributed by atoms with E-state index in [1.54, 1.807) is 0 Å². The van der Waals surface area contributed by atoms with E-state index in [-0.39, 0.29) is 10.8 Å². The normalized spacial score (nSPS) is 12.9. The summed E-state index contributed by atoms with van der Waals surface area (Å²) in [4.78, 5) is 5.29. The van der Waals surface area contributed by atoms with Crippen molar-refractivity contribution in [1.82, 2.24) is 4.57 Å². The second-order valence-corrected chi connectivity index (χ2v) is 33.8. The second-order valence-electron chi connectivity index (χ2n) is 33.8. The summed E-state index contributed by atoms with van der Waals surface area (Å²) >= 11 is 0. The molecule has 0 amide bonds. The van der Waals surface area contributed by atoms with Gasteiger partial charge in [-0.05, 0) is 171 Å². The van der Waals surface area contributed by atoms with Crippen LogP contribution in [0.1, 0.15) is 52.7 Å². The molecule has 0 aliphatic carbocycles. The molecule has 17 aromatic carbocycles. The van der Waals surface area contributed by atoms with E-state index in [0.717, 1.165) is 196 Å². The van der Waals surface area contributed by atoms with Crippen molar-refractivity contribution >= 4 is 102 Å². The second kappa shape index (κ2) is 27.3. The van der Waals surface area contributed by atoms with Gasteiger partial charge in [0.25, 0.3) is 13.4 Å². The van der Waals surface area contributed by atoms with Crippen LogP contribution in [0, 0.1) is 0 Å². The molecular formula is C110H81B2N3O2. The van der Waals surface area contributed by atoms with Gasteiger partial charge in [-0.15, -0.1) is 0 Å². The van der Waals surface area contributed by atoms with E-state index < -0.39 is 13.4 Å². The van der Waals surface area contributed by atoms with Crippen LogP contribution < -0.4 is 52.1 Å². The fourth-order valence-electron chi connectivity index (χ4n) is 19.1. The van der Waals surface area contributed by atoms with Gasteiger partial charge in [-0.3, -0.25) is 0 Å². The molecule has 22 rings (SSSR count). The zero-order valence-electron chi connectivity index (χ0n) is 66.2. The number of benzene rings is 17. The first-order chi connectivity index (χ1) is 57.3. The highest BCUT2D eigenvalue weighted by Crippen LogP contribution is 2.57. The minimum Gasteiger partial charge on any atom is -0.459 e. The van der Waals surface area contributed by atoms with E-state index in [2.05, 4.69) is 438 Å². The van der Waals surface area contributed by atoms with E-state index in [1.165, 1.54) is 21.9 Å². The summed E-state index contributed by atoms with van der Waals surface area (Å²) < 4.78 is 19.2. The monoisotopic (exact) mass is 1500 g/mol. The summed E-state index contributed by atoms with van der Waals surface area (Å²) in [6.07, 6.45) is 0. The van der Waals surface area contributed by atoms with Crippen LogP contribution in [0.5, 0.6) is 23.0 Å². The van der Waals surface area contributed by atoms with Gasteiger partial charge in [-0.25, -0.2) is 0 Å². The number of nitrogens with zero attached hydrogens (tertiary/aromatic N) is 3. The quantitative estimate of drug-likeness (QED) is 0.121. The van der Waals surface area contributed by atoms with Gasteiger partial charge in [0, 0.05) is 67.3 Å². The standard InChI is InChI=1S/C110H81B2N3O2/c1-109(2,3)82-55-58-93-88(67-82)89-68-83(110(4,5)6)56-59-94(89)113(93)99-66-80(72-37-19-9-20-38-72)62-92-107(99)117-101-69-98-103(108-104(101)111(92)91-61-78(54-60-100(91)116-108)70-33-15-7-16-34-70)112-90-57-53-79(71-35-17-8-18-36-71)63-95(90)114(105-84(74-41-23-11-24-42-74)49-31-50-85(105)75-43-25-12-26-44-75)96-64-81(73-39-21-10-22-40-73)65-97(102(96)112)115(98)106-86(76-45-27-13-28-46-76)51-32-52-87(106)77-47-29-14-30-48-77/h7-69H,1-6H3. The van der Waals surface area contributed by atoms with Gasteiger partial charge in [0.15, 0.2) is 0 Å². The molecule has 0 bridgehead atoms. The smallest absolute Gasteiger partial charge is 0.260 e. The molecule has 0 saturated carbocycles. The average Bonchev–Trinajstić information content (AvgIpc) is 1.27. The molecule has 4 aliphatic heterocycles. The summed E-state index contributed by atoms with van der Waals surface area (Å²) in [6.45, 7) is 13.0. The molecule has 1 aromatic heterocycles. The maximum Gasteiger partial charge on any atom is 0.260 e. The number of para-hydroxylation sites is 2. The Morgan fingerprint density at radius 1 is 0.231 bits per heavy atom. The minimum atomic E-state index is -0.456. The molecule has 4 aliphatic rings. The van der Waals surface area contributed by atoms with Gasteiger partial charge in [0.1, 0.15) is 23.0 Å². The molecule has 5 heterocycles. The molecule has 0 unspecified atom stereocenters. The number of rotatable bonds is 11. The first kappa shape index (κ1) is 69.6. The van der Waals surface area contributed by atoms with Gasteiger partial charge >= 0.3 is 0 Å². The maximum atomic E-state index is 8.41. The van der Waals surface area contributed by atoms with Crippen molar-refractivity contribution in [2.24, 2.45) is 0 Å². The Balaban J connectivity index is 0.916. The van der Waals surface area contributed by atoms with Crippen molar-refractivity contribution < 1.29 is 9.47 Å².